The summed E-state index contributed by atoms with van der Waals surface area (Å²) < 4.78 is 11.9. The van der Waals surface area contributed by atoms with Gasteiger partial charge in [-0.2, -0.15) is 0 Å². The summed E-state index contributed by atoms with van der Waals surface area (Å²) in [5.74, 6) is -0.163. The largest absolute Gasteiger partial charge is 0.491 e. The molecule has 26 heavy (non-hydrogen) atoms. The van der Waals surface area contributed by atoms with E-state index in [2.05, 4.69) is 39.9 Å². The van der Waals surface area contributed by atoms with Crippen LogP contribution in [0, 0.1) is 0 Å². The van der Waals surface area contributed by atoms with Gasteiger partial charge in [0.15, 0.2) is 9.04 Å². The van der Waals surface area contributed by atoms with Crippen molar-refractivity contribution in [3.05, 3.63) is 33.8 Å². The number of aromatic nitrogens is 1. The van der Waals surface area contributed by atoms with Crippen LogP contribution in [0.1, 0.15) is 47.3 Å². The van der Waals surface area contributed by atoms with Crippen molar-refractivity contribution in [2.75, 3.05) is 6.61 Å². The predicted octanol–water partition coefficient (Wildman–Crippen LogP) is 4.24. The van der Waals surface area contributed by atoms with E-state index >= 15 is 0 Å². The van der Waals surface area contributed by atoms with Crippen LogP contribution in [0.25, 0.3) is 10.6 Å². The number of rotatable bonds is 4. The van der Waals surface area contributed by atoms with Crippen LogP contribution in [0.5, 0.6) is 5.75 Å². The number of carbonyl (C=O) groups is 1. The first-order valence-corrected chi connectivity index (χ1v) is 12.4. The zero-order valence-electron chi connectivity index (χ0n) is 15.9. The molecule has 3 heterocycles. The Labute approximate surface area is 159 Å². The summed E-state index contributed by atoms with van der Waals surface area (Å²) >= 11 is 1.27. The first kappa shape index (κ1) is 19.1. The molecule has 5 nitrogen and oxygen atoms in total. The van der Waals surface area contributed by atoms with E-state index in [1.807, 2.05) is 0 Å². The van der Waals surface area contributed by atoms with Gasteiger partial charge in [-0.05, 0) is 41.8 Å². The van der Waals surface area contributed by atoms with Gasteiger partial charge in [-0.15, -0.1) is 11.3 Å². The molecule has 1 aliphatic rings. The Morgan fingerprint density at radius 2 is 2.12 bits per heavy atom. The van der Waals surface area contributed by atoms with Crippen molar-refractivity contribution in [3.8, 4) is 16.3 Å². The third-order valence-corrected chi connectivity index (χ3v) is 6.30. The normalized spacial score (nSPS) is 13.8. The van der Waals surface area contributed by atoms with E-state index in [4.69, 9.17) is 14.1 Å². The third-order valence-electron chi connectivity index (χ3n) is 4.29. The monoisotopic (exact) mass is 391 g/mol. The van der Waals surface area contributed by atoms with Crippen LogP contribution in [0.15, 0.2) is 12.1 Å². The Kier molecular flexibility index (Phi) is 5.23. The molecule has 0 unspecified atom stereocenters. The van der Waals surface area contributed by atoms with Gasteiger partial charge < -0.3 is 14.3 Å². The van der Waals surface area contributed by atoms with Crippen molar-refractivity contribution in [1.29, 1.82) is 0 Å². The lowest BCUT2D eigenvalue weighted by Gasteiger charge is -2.24. The molecule has 1 N–H and O–H groups in total. The predicted molar refractivity (Wildman–Crippen MR) is 106 cm³/mol. The van der Waals surface area contributed by atoms with Crippen LogP contribution in [0.2, 0.25) is 13.1 Å². The first-order chi connectivity index (χ1) is 12.2. The molecule has 140 valence electrons. The summed E-state index contributed by atoms with van der Waals surface area (Å²) in [6.07, 6.45) is 0.686. The highest BCUT2D eigenvalue weighted by Gasteiger charge is 2.27. The van der Waals surface area contributed by atoms with Crippen LogP contribution in [-0.4, -0.2) is 31.7 Å². The van der Waals surface area contributed by atoms with E-state index < -0.39 is 15.0 Å². The Bertz CT molecular complexity index is 839. The highest BCUT2D eigenvalue weighted by Crippen LogP contribution is 2.42. The zero-order chi connectivity index (χ0) is 19.1. The van der Waals surface area contributed by atoms with E-state index in [1.165, 1.54) is 11.3 Å². The number of aromatic carboxylic acids is 1. The standard InChI is InChI=1S/C19H25NO4SSi/c1-19(2,3)12-9-14-16(20-13(12)10-24-26(4)5)17-11(6-7-23-14)8-15(25-17)18(21)22/h8-9,26H,6-7,10H2,1-5H3,(H,21,22). The molecule has 0 spiro atoms. The Balaban J connectivity index is 2.16. The van der Waals surface area contributed by atoms with Crippen molar-refractivity contribution < 1.29 is 19.1 Å². The topological polar surface area (TPSA) is 68.7 Å². The van der Waals surface area contributed by atoms with Crippen molar-refractivity contribution in [2.24, 2.45) is 0 Å². The molecule has 0 atom stereocenters. The van der Waals surface area contributed by atoms with E-state index in [1.54, 1.807) is 6.07 Å². The molecule has 2 aromatic rings. The summed E-state index contributed by atoms with van der Waals surface area (Å²) in [5, 5.41) is 9.35. The zero-order valence-corrected chi connectivity index (χ0v) is 17.9. The first-order valence-electron chi connectivity index (χ1n) is 8.82. The maximum Gasteiger partial charge on any atom is 0.345 e. The van der Waals surface area contributed by atoms with Gasteiger partial charge in [-0.3, -0.25) is 0 Å². The van der Waals surface area contributed by atoms with Crippen molar-refractivity contribution in [2.45, 2.75) is 52.3 Å². The number of hydrogen-bond acceptors (Lipinski definition) is 5. The SMILES string of the molecule is C[SiH](C)OCc1nc2c(cc1C(C)(C)C)OCCc1cc(C(=O)O)sc1-2. The second-order valence-electron chi connectivity index (χ2n) is 7.81. The van der Waals surface area contributed by atoms with E-state index in [0.29, 0.717) is 24.5 Å². The number of carboxylic acid groups (broad SMARTS) is 1. The number of ether oxygens (including phenoxy) is 1. The van der Waals surface area contributed by atoms with Crippen LogP contribution in [0.3, 0.4) is 0 Å². The minimum Gasteiger partial charge on any atom is -0.491 e. The van der Waals surface area contributed by atoms with Gasteiger partial charge in [0.1, 0.15) is 16.3 Å². The summed E-state index contributed by atoms with van der Waals surface area (Å²) in [6, 6.07) is 3.81. The number of pyridine rings is 1. The minimum atomic E-state index is -1.18. The highest BCUT2D eigenvalue weighted by molar-refractivity contribution is 7.17. The molecule has 0 saturated carbocycles. The highest BCUT2D eigenvalue weighted by atomic mass is 32.1. The molecule has 7 heteroatoms. The van der Waals surface area contributed by atoms with Gasteiger partial charge in [0, 0.05) is 6.42 Å². The smallest absolute Gasteiger partial charge is 0.345 e. The summed E-state index contributed by atoms with van der Waals surface area (Å²) in [6.45, 7) is 11.7. The van der Waals surface area contributed by atoms with Gasteiger partial charge >= 0.3 is 5.97 Å². The fourth-order valence-electron chi connectivity index (χ4n) is 3.00. The molecule has 0 amide bonds. The van der Waals surface area contributed by atoms with Crippen LogP contribution < -0.4 is 4.74 Å². The number of thiophene rings is 1. The number of nitrogens with zero attached hydrogens (tertiary/aromatic N) is 1. The maximum atomic E-state index is 11.4. The quantitative estimate of drug-likeness (QED) is 0.790. The third kappa shape index (κ3) is 3.84. The molecule has 0 radical (unpaired) electrons. The Hall–Kier alpha value is -1.70. The van der Waals surface area contributed by atoms with Crippen molar-refractivity contribution >= 4 is 26.3 Å². The maximum absolute atomic E-state index is 11.4. The van der Waals surface area contributed by atoms with Crippen LogP contribution in [-0.2, 0) is 22.9 Å². The van der Waals surface area contributed by atoms with Crippen molar-refractivity contribution in [3.63, 3.8) is 0 Å². The van der Waals surface area contributed by atoms with Crippen LogP contribution in [0.4, 0.5) is 0 Å². The average Bonchev–Trinajstić information content (AvgIpc) is 2.89. The Morgan fingerprint density at radius 3 is 2.73 bits per heavy atom. The molecular weight excluding hydrogens is 366 g/mol. The number of hydrogen-bond donors (Lipinski definition) is 1. The molecule has 0 aromatic carbocycles. The van der Waals surface area contributed by atoms with Crippen molar-refractivity contribution in [1.82, 2.24) is 4.98 Å². The van der Waals surface area contributed by atoms with Gasteiger partial charge in [0.2, 0.25) is 0 Å². The fraction of sp³-hybridized carbons (Fsp3) is 0.474. The summed E-state index contributed by atoms with van der Waals surface area (Å²) in [5.41, 5.74) is 3.68. The van der Waals surface area contributed by atoms with Gasteiger partial charge in [-0.25, -0.2) is 9.78 Å². The second kappa shape index (κ2) is 7.13. The van der Waals surface area contributed by atoms with Crippen LogP contribution >= 0.6 is 11.3 Å². The molecule has 0 fully saturated rings. The fourth-order valence-corrected chi connectivity index (χ4v) is 4.54. The summed E-state index contributed by atoms with van der Waals surface area (Å²) in [7, 11) is -1.18. The molecular formula is C19H25NO4SSi. The molecule has 0 aliphatic carbocycles. The number of carboxylic acids is 1. The molecule has 0 saturated heterocycles. The molecule has 1 aliphatic heterocycles. The van der Waals surface area contributed by atoms with E-state index in [0.717, 1.165) is 33.1 Å². The Morgan fingerprint density at radius 1 is 1.38 bits per heavy atom. The lowest BCUT2D eigenvalue weighted by molar-refractivity contribution is 0.0702. The number of fused-ring (bicyclic) bond motifs is 3. The molecule has 3 rings (SSSR count). The lowest BCUT2D eigenvalue weighted by Crippen LogP contribution is -2.18. The average molecular weight is 392 g/mol. The van der Waals surface area contributed by atoms with Gasteiger partial charge in [0.05, 0.1) is 23.8 Å². The second-order valence-corrected chi connectivity index (χ2v) is 11.3. The van der Waals surface area contributed by atoms with E-state index in [-0.39, 0.29) is 5.41 Å². The minimum absolute atomic E-state index is 0.0839. The van der Waals surface area contributed by atoms with Gasteiger partial charge in [0.25, 0.3) is 0 Å². The van der Waals surface area contributed by atoms with Gasteiger partial charge in [-0.1, -0.05) is 20.8 Å². The van der Waals surface area contributed by atoms with E-state index in [9.17, 15) is 9.90 Å². The molecule has 2 aromatic heterocycles. The lowest BCUT2D eigenvalue weighted by atomic mass is 9.85. The molecule has 0 bridgehead atoms. The summed E-state index contributed by atoms with van der Waals surface area (Å²) in [4.78, 5) is 17.6.